The first-order valence-electron chi connectivity index (χ1n) is 4.36. The van der Waals surface area contributed by atoms with E-state index in [4.69, 9.17) is 4.74 Å². The second-order valence-electron chi connectivity index (χ2n) is 2.89. The maximum Gasteiger partial charge on any atom is 0.240 e. The minimum atomic E-state index is 0.550. The highest BCUT2D eigenvalue weighted by molar-refractivity contribution is 5.93. The quantitative estimate of drug-likeness (QED) is 0.551. The van der Waals surface area contributed by atoms with E-state index < -0.39 is 0 Å². The maximum atomic E-state index is 10.2. The first kappa shape index (κ1) is 9.37. The molecule has 0 fully saturated rings. The van der Waals surface area contributed by atoms with Gasteiger partial charge in [-0.05, 0) is 12.1 Å². The lowest BCUT2D eigenvalue weighted by Gasteiger charge is -2.04. The van der Waals surface area contributed by atoms with E-state index in [0.717, 1.165) is 5.39 Å². The van der Waals surface area contributed by atoms with Crippen molar-refractivity contribution in [2.24, 2.45) is 4.99 Å². The third-order valence-electron chi connectivity index (χ3n) is 2.10. The molecule has 4 nitrogen and oxygen atoms in total. The summed E-state index contributed by atoms with van der Waals surface area (Å²) in [6.45, 7) is 0. The second-order valence-corrected chi connectivity index (χ2v) is 2.89. The Bertz CT molecular complexity index is 545. The van der Waals surface area contributed by atoms with E-state index in [1.165, 1.54) is 6.08 Å². The number of benzene rings is 1. The van der Waals surface area contributed by atoms with Gasteiger partial charge in [-0.3, -0.25) is 4.98 Å². The van der Waals surface area contributed by atoms with Crippen molar-refractivity contribution in [2.45, 2.75) is 0 Å². The molecule has 0 saturated carbocycles. The summed E-state index contributed by atoms with van der Waals surface area (Å²) in [5.41, 5.74) is 1.24. The van der Waals surface area contributed by atoms with Gasteiger partial charge in [-0.1, -0.05) is 12.1 Å². The first-order valence-corrected chi connectivity index (χ1v) is 4.36. The molecule has 0 aliphatic heterocycles. The summed E-state index contributed by atoms with van der Waals surface area (Å²) >= 11 is 0. The first-order chi connectivity index (χ1) is 7.36. The van der Waals surface area contributed by atoms with Crippen molar-refractivity contribution in [3.63, 3.8) is 0 Å². The van der Waals surface area contributed by atoms with Crippen molar-refractivity contribution in [1.29, 1.82) is 0 Å². The standard InChI is InChI=1S/C11H8N2O2/c1-15-10-4-2-3-8-9(13-7-14)5-6-12-11(8)10/h2-6H,1H3. The van der Waals surface area contributed by atoms with E-state index in [2.05, 4.69) is 9.98 Å². The van der Waals surface area contributed by atoms with Crippen LogP contribution < -0.4 is 4.74 Å². The number of fused-ring (bicyclic) bond motifs is 1. The van der Waals surface area contributed by atoms with E-state index in [9.17, 15) is 4.79 Å². The smallest absolute Gasteiger partial charge is 0.240 e. The highest BCUT2D eigenvalue weighted by Crippen LogP contribution is 2.29. The molecule has 0 atom stereocenters. The number of hydrogen-bond acceptors (Lipinski definition) is 4. The van der Waals surface area contributed by atoms with E-state index in [1.807, 2.05) is 18.2 Å². The van der Waals surface area contributed by atoms with Crippen LogP contribution in [0.1, 0.15) is 0 Å². The predicted octanol–water partition coefficient (Wildman–Crippen LogP) is 2.21. The van der Waals surface area contributed by atoms with Crippen LogP contribution in [0.4, 0.5) is 5.69 Å². The van der Waals surface area contributed by atoms with Crippen molar-refractivity contribution >= 4 is 22.7 Å². The molecule has 1 heterocycles. The monoisotopic (exact) mass is 200 g/mol. The molecule has 0 amide bonds. The largest absolute Gasteiger partial charge is 0.494 e. The third kappa shape index (κ3) is 1.58. The lowest BCUT2D eigenvalue weighted by Crippen LogP contribution is -1.86. The van der Waals surface area contributed by atoms with Gasteiger partial charge >= 0.3 is 0 Å². The number of methoxy groups -OCH3 is 1. The Kier molecular flexibility index (Phi) is 2.44. The molecule has 0 spiro atoms. The Morgan fingerprint density at radius 2 is 2.27 bits per heavy atom. The van der Waals surface area contributed by atoms with Gasteiger partial charge < -0.3 is 4.74 Å². The summed E-state index contributed by atoms with van der Waals surface area (Å²) in [6.07, 6.45) is 3.10. The lowest BCUT2D eigenvalue weighted by molar-refractivity contribution is 0.419. The van der Waals surface area contributed by atoms with Crippen LogP contribution in [0.25, 0.3) is 10.9 Å². The second kappa shape index (κ2) is 3.90. The van der Waals surface area contributed by atoms with Gasteiger partial charge in [-0.25, -0.2) is 4.79 Å². The molecular weight excluding hydrogens is 192 g/mol. The molecule has 0 bridgehead atoms. The van der Waals surface area contributed by atoms with Gasteiger partial charge in [-0.15, -0.1) is 0 Å². The van der Waals surface area contributed by atoms with Gasteiger partial charge in [0.25, 0.3) is 0 Å². The van der Waals surface area contributed by atoms with Gasteiger partial charge in [-0.2, -0.15) is 4.99 Å². The van der Waals surface area contributed by atoms with Crippen molar-refractivity contribution < 1.29 is 9.53 Å². The molecule has 15 heavy (non-hydrogen) atoms. The molecule has 74 valence electrons. The van der Waals surface area contributed by atoms with Gasteiger partial charge in [0, 0.05) is 11.6 Å². The van der Waals surface area contributed by atoms with E-state index in [-0.39, 0.29) is 0 Å². The molecule has 1 aromatic carbocycles. The van der Waals surface area contributed by atoms with Crippen molar-refractivity contribution in [2.75, 3.05) is 7.11 Å². The minimum Gasteiger partial charge on any atom is -0.494 e. The number of hydrogen-bond donors (Lipinski definition) is 0. The predicted molar refractivity (Wildman–Crippen MR) is 56.1 cm³/mol. The molecule has 0 unspecified atom stereocenters. The fourth-order valence-electron chi connectivity index (χ4n) is 1.45. The normalized spacial score (nSPS) is 9.67. The number of para-hydroxylation sites is 1. The minimum absolute atomic E-state index is 0.550. The number of aromatic nitrogens is 1. The number of ether oxygens (including phenoxy) is 1. The van der Waals surface area contributed by atoms with Crippen LogP contribution in [-0.2, 0) is 4.79 Å². The topological polar surface area (TPSA) is 51.5 Å². The Hall–Kier alpha value is -2.19. The molecule has 4 heteroatoms. The molecule has 2 rings (SSSR count). The van der Waals surface area contributed by atoms with Crippen molar-refractivity contribution in [3.8, 4) is 5.75 Å². The summed E-state index contributed by atoms with van der Waals surface area (Å²) in [4.78, 5) is 18.0. The zero-order chi connectivity index (χ0) is 10.7. The van der Waals surface area contributed by atoms with Crippen LogP contribution >= 0.6 is 0 Å². The number of isocyanates is 1. The molecule has 0 N–H and O–H groups in total. The Labute approximate surface area is 86.2 Å². The van der Waals surface area contributed by atoms with E-state index in [0.29, 0.717) is 17.0 Å². The van der Waals surface area contributed by atoms with E-state index in [1.54, 1.807) is 19.4 Å². The zero-order valence-electron chi connectivity index (χ0n) is 8.10. The average molecular weight is 200 g/mol. The van der Waals surface area contributed by atoms with Gasteiger partial charge in [0.15, 0.2) is 0 Å². The van der Waals surface area contributed by atoms with Crippen molar-refractivity contribution in [1.82, 2.24) is 4.98 Å². The molecule has 0 saturated heterocycles. The molecule has 0 aliphatic rings. The number of nitrogens with zero attached hydrogens (tertiary/aromatic N) is 2. The van der Waals surface area contributed by atoms with Gasteiger partial charge in [0.2, 0.25) is 6.08 Å². The van der Waals surface area contributed by atoms with Crippen LogP contribution in [0.5, 0.6) is 5.75 Å². The fourth-order valence-corrected chi connectivity index (χ4v) is 1.45. The lowest BCUT2D eigenvalue weighted by atomic mass is 10.2. The van der Waals surface area contributed by atoms with Crippen LogP contribution in [0.15, 0.2) is 35.5 Å². The van der Waals surface area contributed by atoms with Crippen molar-refractivity contribution in [3.05, 3.63) is 30.5 Å². The van der Waals surface area contributed by atoms with Gasteiger partial charge in [0.1, 0.15) is 11.3 Å². The maximum absolute atomic E-state index is 10.2. The number of rotatable bonds is 2. The third-order valence-corrected chi connectivity index (χ3v) is 2.10. The Balaban J connectivity index is 2.81. The molecule has 0 aliphatic carbocycles. The SMILES string of the molecule is COc1cccc2c(N=C=O)ccnc12. The molecule has 0 radical (unpaired) electrons. The van der Waals surface area contributed by atoms with Crippen LogP contribution in [-0.4, -0.2) is 18.2 Å². The molecular formula is C11H8N2O2. The summed E-state index contributed by atoms with van der Waals surface area (Å²) in [5.74, 6) is 0.662. The Morgan fingerprint density at radius 3 is 3.00 bits per heavy atom. The van der Waals surface area contributed by atoms with Crippen LogP contribution in [0, 0.1) is 0 Å². The van der Waals surface area contributed by atoms with Crippen LogP contribution in [0.3, 0.4) is 0 Å². The zero-order valence-corrected chi connectivity index (χ0v) is 8.10. The molecule has 1 aromatic heterocycles. The molecule has 2 aromatic rings. The summed E-state index contributed by atoms with van der Waals surface area (Å²) in [5, 5.41) is 0.778. The highest BCUT2D eigenvalue weighted by Gasteiger charge is 2.05. The highest BCUT2D eigenvalue weighted by atomic mass is 16.5. The van der Waals surface area contributed by atoms with Crippen LogP contribution in [0.2, 0.25) is 0 Å². The summed E-state index contributed by atoms with van der Waals surface area (Å²) < 4.78 is 5.16. The average Bonchev–Trinajstić information content (AvgIpc) is 2.29. The van der Waals surface area contributed by atoms with Gasteiger partial charge in [0.05, 0.1) is 12.8 Å². The summed E-state index contributed by atoms with van der Waals surface area (Å²) in [6, 6.07) is 7.13. The fraction of sp³-hybridized carbons (Fsp3) is 0.0909. The summed E-state index contributed by atoms with van der Waals surface area (Å²) in [7, 11) is 1.58. The Morgan fingerprint density at radius 1 is 1.40 bits per heavy atom. The number of pyridine rings is 1. The number of carbonyl (C=O) groups excluding carboxylic acids is 1. The number of aliphatic imine (C=N–C) groups is 1. The van der Waals surface area contributed by atoms with E-state index >= 15 is 0 Å².